The fraction of sp³-hybridized carbons (Fsp3) is 0.417. The minimum Gasteiger partial charge on any atom is -0.494 e. The Bertz CT molecular complexity index is 827. The molecule has 1 saturated carbocycles. The number of ether oxygens (including phenoxy) is 2. The number of hydrogen-bond donors (Lipinski definition) is 3. The molecule has 0 spiro atoms. The van der Waals surface area contributed by atoms with Crippen LogP contribution in [0.15, 0.2) is 59.6 Å². The number of para-hydroxylation sites is 1. The van der Waals surface area contributed by atoms with Crippen LogP contribution in [0.1, 0.15) is 24.8 Å². The lowest BCUT2D eigenvalue weighted by Crippen LogP contribution is -2.39. The van der Waals surface area contributed by atoms with Gasteiger partial charge in [-0.3, -0.25) is 9.79 Å². The zero-order valence-electron chi connectivity index (χ0n) is 18.5. The maximum atomic E-state index is 11.7. The number of nitrogens with zero attached hydrogens (tertiary/aromatic N) is 1. The number of halogens is 1. The molecule has 32 heavy (non-hydrogen) atoms. The molecule has 0 bridgehead atoms. The molecule has 0 heterocycles. The third-order valence-corrected chi connectivity index (χ3v) is 4.79. The number of hydrogen-bond acceptors (Lipinski definition) is 4. The average molecular weight is 552 g/mol. The topological polar surface area (TPSA) is 84.0 Å². The van der Waals surface area contributed by atoms with Crippen molar-refractivity contribution in [3.8, 4) is 11.5 Å². The van der Waals surface area contributed by atoms with E-state index in [4.69, 9.17) is 9.47 Å². The van der Waals surface area contributed by atoms with Gasteiger partial charge in [0, 0.05) is 26.2 Å². The van der Waals surface area contributed by atoms with E-state index in [-0.39, 0.29) is 36.5 Å². The monoisotopic (exact) mass is 552 g/mol. The summed E-state index contributed by atoms with van der Waals surface area (Å²) in [5.74, 6) is 2.32. The van der Waals surface area contributed by atoms with Crippen molar-refractivity contribution in [2.45, 2.75) is 31.7 Å². The van der Waals surface area contributed by atoms with Crippen LogP contribution in [0, 0.1) is 0 Å². The molecular weight excluding hydrogens is 519 g/mol. The minimum atomic E-state index is -0.0544. The third kappa shape index (κ3) is 10.2. The summed E-state index contributed by atoms with van der Waals surface area (Å²) in [5, 5.41) is 9.53. The van der Waals surface area contributed by atoms with Gasteiger partial charge in [0.25, 0.3) is 5.91 Å². The fourth-order valence-corrected chi connectivity index (χ4v) is 2.93. The second kappa shape index (κ2) is 14.5. The van der Waals surface area contributed by atoms with E-state index in [1.54, 1.807) is 7.05 Å². The lowest BCUT2D eigenvalue weighted by molar-refractivity contribution is -0.123. The van der Waals surface area contributed by atoms with Crippen LogP contribution in [0.4, 0.5) is 0 Å². The molecule has 0 atom stereocenters. The maximum absolute atomic E-state index is 11.7. The lowest BCUT2D eigenvalue weighted by Gasteiger charge is -2.12. The van der Waals surface area contributed by atoms with Crippen molar-refractivity contribution >= 4 is 35.8 Å². The van der Waals surface area contributed by atoms with Gasteiger partial charge in [0.1, 0.15) is 11.5 Å². The van der Waals surface area contributed by atoms with Crippen LogP contribution in [0.25, 0.3) is 0 Å². The molecule has 0 aliphatic heterocycles. The van der Waals surface area contributed by atoms with Crippen LogP contribution in [-0.2, 0) is 11.2 Å². The van der Waals surface area contributed by atoms with Crippen LogP contribution in [0.3, 0.4) is 0 Å². The summed E-state index contributed by atoms with van der Waals surface area (Å²) in [6.45, 7) is 2.28. The van der Waals surface area contributed by atoms with Gasteiger partial charge in [-0.25, -0.2) is 0 Å². The highest BCUT2D eigenvalue weighted by atomic mass is 127. The van der Waals surface area contributed by atoms with E-state index in [0.717, 1.165) is 50.5 Å². The molecule has 3 N–H and O–H groups in total. The Balaban J connectivity index is 0.00000363. The predicted octanol–water partition coefficient (Wildman–Crippen LogP) is 3.14. The van der Waals surface area contributed by atoms with E-state index < -0.39 is 0 Å². The van der Waals surface area contributed by atoms with Gasteiger partial charge >= 0.3 is 0 Å². The summed E-state index contributed by atoms with van der Waals surface area (Å²) >= 11 is 0. The highest BCUT2D eigenvalue weighted by molar-refractivity contribution is 14.0. The highest BCUT2D eigenvalue weighted by Gasteiger charge is 2.23. The lowest BCUT2D eigenvalue weighted by atomic mass is 10.1. The Morgan fingerprint density at radius 1 is 0.969 bits per heavy atom. The second-order valence-corrected chi connectivity index (χ2v) is 7.47. The predicted molar refractivity (Wildman–Crippen MR) is 138 cm³/mol. The van der Waals surface area contributed by atoms with Crippen LogP contribution in [0.2, 0.25) is 0 Å². The van der Waals surface area contributed by atoms with Crippen molar-refractivity contribution < 1.29 is 14.3 Å². The molecule has 3 rings (SSSR count). The Morgan fingerprint density at radius 2 is 1.66 bits per heavy atom. The smallest absolute Gasteiger partial charge is 0.258 e. The van der Waals surface area contributed by atoms with Crippen molar-refractivity contribution in [2.75, 3.05) is 33.4 Å². The van der Waals surface area contributed by atoms with Crippen molar-refractivity contribution in [1.29, 1.82) is 0 Å². The van der Waals surface area contributed by atoms with Gasteiger partial charge in [0.15, 0.2) is 12.6 Å². The minimum absolute atomic E-state index is 0. The van der Waals surface area contributed by atoms with E-state index in [2.05, 4.69) is 20.9 Å². The quantitative estimate of drug-likeness (QED) is 0.163. The molecule has 0 aromatic heterocycles. The zero-order valence-corrected chi connectivity index (χ0v) is 20.8. The number of amides is 1. The SMILES string of the molecule is CN=C(NCCCOc1ccccc1)NCCc1ccc(OCC(=O)NC2CC2)cc1.I. The van der Waals surface area contributed by atoms with Gasteiger partial charge in [-0.1, -0.05) is 30.3 Å². The highest BCUT2D eigenvalue weighted by Crippen LogP contribution is 2.18. The number of aliphatic imine (C=N–C) groups is 1. The Labute approximate surface area is 207 Å². The molecule has 1 fully saturated rings. The first-order valence-electron chi connectivity index (χ1n) is 10.9. The standard InChI is InChI=1S/C24H32N4O3.HI/c1-25-24(26-15-5-17-30-21-6-3-2-4-7-21)27-16-14-19-8-12-22(13-9-19)31-18-23(29)28-20-10-11-20;/h2-4,6-9,12-13,20H,5,10-11,14-18H2,1H3,(H,28,29)(H2,25,26,27);1H. The molecule has 8 heteroatoms. The molecule has 7 nitrogen and oxygen atoms in total. The normalized spacial score (nSPS) is 13.0. The molecule has 1 aliphatic carbocycles. The van der Waals surface area contributed by atoms with E-state index in [1.165, 1.54) is 5.56 Å². The van der Waals surface area contributed by atoms with Gasteiger partial charge < -0.3 is 25.4 Å². The molecule has 0 radical (unpaired) electrons. The van der Waals surface area contributed by atoms with E-state index in [1.807, 2.05) is 54.6 Å². The molecule has 0 saturated heterocycles. The maximum Gasteiger partial charge on any atom is 0.258 e. The Morgan fingerprint density at radius 3 is 2.34 bits per heavy atom. The van der Waals surface area contributed by atoms with Gasteiger partial charge in [0.05, 0.1) is 6.61 Å². The van der Waals surface area contributed by atoms with Gasteiger partial charge in [-0.15, -0.1) is 24.0 Å². The second-order valence-electron chi connectivity index (χ2n) is 7.47. The fourth-order valence-electron chi connectivity index (χ4n) is 2.93. The summed E-state index contributed by atoms with van der Waals surface area (Å²) in [6.07, 6.45) is 3.91. The third-order valence-electron chi connectivity index (χ3n) is 4.79. The molecule has 174 valence electrons. The van der Waals surface area contributed by atoms with Crippen molar-refractivity contribution in [2.24, 2.45) is 4.99 Å². The molecule has 1 aliphatic rings. The number of rotatable bonds is 12. The first-order valence-corrected chi connectivity index (χ1v) is 10.9. The first-order chi connectivity index (χ1) is 15.2. The van der Waals surface area contributed by atoms with Gasteiger partial charge in [-0.2, -0.15) is 0 Å². The number of carbonyl (C=O) groups is 1. The number of guanidine groups is 1. The van der Waals surface area contributed by atoms with Crippen molar-refractivity contribution in [3.63, 3.8) is 0 Å². The average Bonchev–Trinajstić information content (AvgIpc) is 3.61. The largest absolute Gasteiger partial charge is 0.494 e. The Kier molecular flexibility index (Phi) is 11.7. The van der Waals surface area contributed by atoms with Crippen LogP contribution < -0.4 is 25.4 Å². The number of carbonyl (C=O) groups excluding carboxylic acids is 1. The Hall–Kier alpha value is -2.49. The van der Waals surface area contributed by atoms with Gasteiger partial charge in [0.2, 0.25) is 0 Å². The van der Waals surface area contributed by atoms with E-state index in [0.29, 0.717) is 18.4 Å². The molecule has 2 aromatic carbocycles. The van der Waals surface area contributed by atoms with Crippen molar-refractivity contribution in [1.82, 2.24) is 16.0 Å². The first kappa shape index (κ1) is 25.8. The number of nitrogens with one attached hydrogen (secondary N) is 3. The van der Waals surface area contributed by atoms with Crippen LogP contribution in [-0.4, -0.2) is 51.3 Å². The molecule has 1 amide bonds. The van der Waals surface area contributed by atoms with Crippen LogP contribution >= 0.6 is 24.0 Å². The summed E-state index contributed by atoms with van der Waals surface area (Å²) in [7, 11) is 1.77. The summed E-state index contributed by atoms with van der Waals surface area (Å²) in [5.41, 5.74) is 1.19. The van der Waals surface area contributed by atoms with E-state index >= 15 is 0 Å². The van der Waals surface area contributed by atoms with Gasteiger partial charge in [-0.05, 0) is 55.5 Å². The summed E-state index contributed by atoms with van der Waals surface area (Å²) in [6, 6.07) is 18.0. The van der Waals surface area contributed by atoms with Crippen molar-refractivity contribution in [3.05, 3.63) is 60.2 Å². The van der Waals surface area contributed by atoms with E-state index in [9.17, 15) is 4.79 Å². The molecule has 0 unspecified atom stereocenters. The van der Waals surface area contributed by atoms with Crippen LogP contribution in [0.5, 0.6) is 11.5 Å². The summed E-state index contributed by atoms with van der Waals surface area (Å²) < 4.78 is 11.2. The zero-order chi connectivity index (χ0) is 21.7. The molecule has 2 aromatic rings. The number of benzene rings is 2. The summed E-state index contributed by atoms with van der Waals surface area (Å²) in [4.78, 5) is 15.9. The molecular formula is C24H33IN4O3.